The lowest BCUT2D eigenvalue weighted by Gasteiger charge is -2.28. The highest BCUT2D eigenvalue weighted by Crippen LogP contribution is 2.42. The minimum atomic E-state index is -0.505. The maximum Gasteiger partial charge on any atom is 0.235 e. The van der Waals surface area contributed by atoms with Gasteiger partial charge in [0.25, 0.3) is 0 Å². The molecule has 132 valence electrons. The number of rotatable bonds is 4. The fourth-order valence-corrected chi connectivity index (χ4v) is 3.69. The third-order valence-electron chi connectivity index (χ3n) is 4.95. The Morgan fingerprint density at radius 1 is 1.12 bits per heavy atom. The first-order valence-corrected chi connectivity index (χ1v) is 8.94. The highest BCUT2D eigenvalue weighted by Gasteiger charge is 2.42. The number of aromatic nitrogens is 4. The molecule has 0 saturated heterocycles. The third kappa shape index (κ3) is 3.08. The third-order valence-corrected chi connectivity index (χ3v) is 5.20. The number of hydrogen-bond acceptors (Lipinski definition) is 4. The lowest BCUT2D eigenvalue weighted by atomic mass is 9.78. The summed E-state index contributed by atoms with van der Waals surface area (Å²) in [5, 5.41) is 7.75. The Bertz CT molecular complexity index is 885. The van der Waals surface area contributed by atoms with Crippen molar-refractivity contribution >= 4 is 23.2 Å². The standard InChI is InChI=1S/C19H18ClN5O/c20-15-5-3-14(4-6-15)19(9-1-2-10-19)18(26)24-16-7-8-17(22-11-16)25-13-21-12-23-25/h3-8,11-13H,1-2,9-10H2,(H,24,26). The number of hydrogen-bond donors (Lipinski definition) is 1. The summed E-state index contributed by atoms with van der Waals surface area (Å²) in [6, 6.07) is 11.2. The average molecular weight is 368 g/mol. The number of amides is 1. The van der Waals surface area contributed by atoms with Gasteiger partial charge in [-0.25, -0.2) is 14.6 Å². The molecule has 0 unspecified atom stereocenters. The molecular weight excluding hydrogens is 350 g/mol. The predicted molar refractivity (Wildman–Crippen MR) is 99.4 cm³/mol. The maximum atomic E-state index is 13.1. The van der Waals surface area contributed by atoms with Crippen LogP contribution in [-0.4, -0.2) is 25.7 Å². The molecule has 1 aliphatic rings. The smallest absolute Gasteiger partial charge is 0.235 e. The van der Waals surface area contributed by atoms with Gasteiger partial charge in [-0.3, -0.25) is 4.79 Å². The van der Waals surface area contributed by atoms with Crippen LogP contribution in [0.15, 0.2) is 55.2 Å². The van der Waals surface area contributed by atoms with Crippen molar-refractivity contribution in [1.82, 2.24) is 19.7 Å². The van der Waals surface area contributed by atoms with E-state index >= 15 is 0 Å². The average Bonchev–Trinajstić information content (AvgIpc) is 3.36. The van der Waals surface area contributed by atoms with Crippen molar-refractivity contribution in [2.24, 2.45) is 0 Å². The molecule has 2 heterocycles. The monoisotopic (exact) mass is 367 g/mol. The zero-order valence-corrected chi connectivity index (χ0v) is 14.9. The molecule has 6 nitrogen and oxygen atoms in total. The van der Waals surface area contributed by atoms with Gasteiger partial charge in [-0.05, 0) is 42.7 Å². The second-order valence-electron chi connectivity index (χ2n) is 6.50. The molecule has 4 rings (SSSR count). The summed E-state index contributed by atoms with van der Waals surface area (Å²) in [7, 11) is 0. The molecule has 0 atom stereocenters. The second-order valence-corrected chi connectivity index (χ2v) is 6.93. The van der Waals surface area contributed by atoms with Crippen LogP contribution in [-0.2, 0) is 10.2 Å². The van der Waals surface area contributed by atoms with Crippen LogP contribution in [0.5, 0.6) is 0 Å². The Labute approximate surface area is 156 Å². The zero-order valence-electron chi connectivity index (χ0n) is 14.1. The minimum Gasteiger partial charge on any atom is -0.324 e. The molecule has 26 heavy (non-hydrogen) atoms. The van der Waals surface area contributed by atoms with Crippen molar-refractivity contribution in [2.45, 2.75) is 31.1 Å². The van der Waals surface area contributed by atoms with E-state index in [9.17, 15) is 4.79 Å². The summed E-state index contributed by atoms with van der Waals surface area (Å²) in [6.45, 7) is 0. The van der Waals surface area contributed by atoms with E-state index in [0.29, 0.717) is 16.5 Å². The molecule has 2 aromatic heterocycles. The van der Waals surface area contributed by atoms with Crippen molar-refractivity contribution in [3.05, 3.63) is 65.8 Å². The summed E-state index contributed by atoms with van der Waals surface area (Å²) >= 11 is 6.01. The van der Waals surface area contributed by atoms with Crippen LogP contribution in [0.4, 0.5) is 5.69 Å². The number of pyridine rings is 1. The Balaban J connectivity index is 1.56. The summed E-state index contributed by atoms with van der Waals surface area (Å²) in [6.07, 6.45) is 8.43. The molecule has 1 aliphatic carbocycles. The Morgan fingerprint density at radius 2 is 1.88 bits per heavy atom. The van der Waals surface area contributed by atoms with E-state index in [1.807, 2.05) is 30.3 Å². The summed E-state index contributed by atoms with van der Waals surface area (Å²) < 4.78 is 1.57. The number of carbonyl (C=O) groups excluding carboxylic acids is 1. The van der Waals surface area contributed by atoms with E-state index in [0.717, 1.165) is 31.2 Å². The predicted octanol–water partition coefficient (Wildman–Crippen LogP) is 3.77. The maximum absolute atomic E-state index is 13.1. The van der Waals surface area contributed by atoms with E-state index in [-0.39, 0.29) is 5.91 Å². The van der Waals surface area contributed by atoms with Crippen molar-refractivity contribution in [3.8, 4) is 5.82 Å². The number of carbonyl (C=O) groups is 1. The lowest BCUT2D eigenvalue weighted by molar-refractivity contribution is -0.121. The van der Waals surface area contributed by atoms with E-state index in [1.165, 1.54) is 6.33 Å². The van der Waals surface area contributed by atoms with Crippen molar-refractivity contribution in [1.29, 1.82) is 0 Å². The molecule has 0 radical (unpaired) electrons. The van der Waals surface area contributed by atoms with Crippen molar-refractivity contribution in [3.63, 3.8) is 0 Å². The molecule has 1 aromatic carbocycles. The lowest BCUT2D eigenvalue weighted by Crippen LogP contribution is -2.38. The Kier molecular flexibility index (Phi) is 4.42. The van der Waals surface area contributed by atoms with Gasteiger partial charge in [0, 0.05) is 5.02 Å². The summed E-state index contributed by atoms with van der Waals surface area (Å²) in [4.78, 5) is 21.4. The first-order chi connectivity index (χ1) is 12.7. The molecule has 7 heteroatoms. The van der Waals surface area contributed by atoms with Crippen LogP contribution in [0.25, 0.3) is 5.82 Å². The van der Waals surface area contributed by atoms with E-state index in [2.05, 4.69) is 20.4 Å². The topological polar surface area (TPSA) is 72.7 Å². The number of nitrogens with zero attached hydrogens (tertiary/aromatic N) is 4. The normalized spacial score (nSPS) is 15.7. The molecule has 0 bridgehead atoms. The van der Waals surface area contributed by atoms with E-state index in [4.69, 9.17) is 11.6 Å². The van der Waals surface area contributed by atoms with Gasteiger partial charge < -0.3 is 5.32 Å². The minimum absolute atomic E-state index is 0.00706. The summed E-state index contributed by atoms with van der Waals surface area (Å²) in [5.74, 6) is 0.654. The van der Waals surface area contributed by atoms with Crippen molar-refractivity contribution in [2.75, 3.05) is 5.32 Å². The summed E-state index contributed by atoms with van der Waals surface area (Å²) in [5.41, 5.74) is 1.18. The van der Waals surface area contributed by atoms with Crippen LogP contribution >= 0.6 is 11.6 Å². The van der Waals surface area contributed by atoms with Gasteiger partial charge in [0.15, 0.2) is 5.82 Å². The number of halogens is 1. The van der Waals surface area contributed by atoms with Gasteiger partial charge in [-0.1, -0.05) is 36.6 Å². The first kappa shape index (κ1) is 16.7. The van der Waals surface area contributed by atoms with E-state index < -0.39 is 5.41 Å². The van der Waals surface area contributed by atoms with E-state index in [1.54, 1.807) is 23.3 Å². The largest absolute Gasteiger partial charge is 0.324 e. The first-order valence-electron chi connectivity index (χ1n) is 8.56. The van der Waals surface area contributed by atoms with Crippen LogP contribution in [0.2, 0.25) is 5.02 Å². The quantitative estimate of drug-likeness (QED) is 0.761. The molecule has 1 saturated carbocycles. The fraction of sp³-hybridized carbons (Fsp3) is 0.263. The van der Waals surface area contributed by atoms with Crippen LogP contribution in [0, 0.1) is 0 Å². The zero-order chi connectivity index (χ0) is 18.0. The van der Waals surface area contributed by atoms with Gasteiger partial charge in [-0.15, -0.1) is 0 Å². The van der Waals surface area contributed by atoms with Crippen LogP contribution in [0.3, 0.4) is 0 Å². The van der Waals surface area contributed by atoms with Gasteiger partial charge in [0.05, 0.1) is 17.3 Å². The molecule has 0 aliphatic heterocycles. The molecule has 0 spiro atoms. The molecule has 1 amide bonds. The Morgan fingerprint density at radius 3 is 2.50 bits per heavy atom. The highest BCUT2D eigenvalue weighted by atomic mass is 35.5. The van der Waals surface area contributed by atoms with Gasteiger partial charge >= 0.3 is 0 Å². The molecular formula is C19H18ClN5O. The van der Waals surface area contributed by atoms with Crippen LogP contribution < -0.4 is 5.32 Å². The number of nitrogens with one attached hydrogen (secondary N) is 1. The van der Waals surface area contributed by atoms with Gasteiger partial charge in [0.1, 0.15) is 12.7 Å². The fourth-order valence-electron chi connectivity index (χ4n) is 3.57. The second kappa shape index (κ2) is 6.88. The SMILES string of the molecule is O=C(Nc1ccc(-n2cncn2)nc1)C1(c2ccc(Cl)cc2)CCCC1. The van der Waals surface area contributed by atoms with Gasteiger partial charge in [0.2, 0.25) is 5.91 Å². The number of benzene rings is 1. The molecule has 1 N–H and O–H groups in total. The van der Waals surface area contributed by atoms with Crippen molar-refractivity contribution < 1.29 is 4.79 Å². The molecule has 1 fully saturated rings. The number of anilines is 1. The Hall–Kier alpha value is -2.73. The molecule has 3 aromatic rings. The van der Waals surface area contributed by atoms with Crippen LogP contribution in [0.1, 0.15) is 31.2 Å². The highest BCUT2D eigenvalue weighted by molar-refractivity contribution is 6.30. The van der Waals surface area contributed by atoms with Gasteiger partial charge in [-0.2, -0.15) is 5.10 Å².